The number of piperidine rings is 1. The van der Waals surface area contributed by atoms with Crippen LogP contribution >= 0.6 is 0 Å². The van der Waals surface area contributed by atoms with Gasteiger partial charge in [-0.2, -0.15) is 0 Å². The summed E-state index contributed by atoms with van der Waals surface area (Å²) in [4.78, 5) is 10.8. The van der Waals surface area contributed by atoms with Crippen LogP contribution in [0.4, 0.5) is 0 Å². The molecule has 0 radical (unpaired) electrons. The molecule has 58 valence electrons. The first kappa shape index (κ1) is 7.50. The zero-order valence-electron chi connectivity index (χ0n) is 5.83. The van der Waals surface area contributed by atoms with Gasteiger partial charge in [-0.1, -0.05) is 0 Å². The average molecular weight is 145 g/mol. The van der Waals surface area contributed by atoms with E-state index >= 15 is 0 Å². The van der Waals surface area contributed by atoms with E-state index in [0.717, 1.165) is 0 Å². The third-order valence-electron chi connectivity index (χ3n) is 1.60. The molecule has 2 atom stereocenters. The van der Waals surface area contributed by atoms with Gasteiger partial charge in [-0.3, -0.25) is 4.79 Å². The van der Waals surface area contributed by atoms with Crippen LogP contribution in [0.25, 0.3) is 0 Å². The van der Waals surface area contributed by atoms with Crippen molar-refractivity contribution in [2.45, 2.75) is 18.6 Å². The lowest BCUT2D eigenvalue weighted by Gasteiger charge is -2.25. The number of nitrogens with one attached hydrogen (secondary N) is 1. The highest BCUT2D eigenvalue weighted by atomic mass is 16.5. The van der Waals surface area contributed by atoms with E-state index in [4.69, 9.17) is 9.84 Å². The van der Waals surface area contributed by atoms with E-state index in [0.29, 0.717) is 13.0 Å². The smallest absolute Gasteiger partial charge is 0.251 e. The molecule has 0 aromatic carbocycles. The van der Waals surface area contributed by atoms with Gasteiger partial charge in [0.05, 0.1) is 6.10 Å². The minimum absolute atomic E-state index is 0.221. The first-order valence-electron chi connectivity index (χ1n) is 3.24. The Labute approximate surface area is 59.2 Å². The van der Waals surface area contributed by atoms with E-state index < -0.39 is 12.2 Å². The summed E-state index contributed by atoms with van der Waals surface area (Å²) in [6, 6.07) is 0. The van der Waals surface area contributed by atoms with Crippen molar-refractivity contribution in [3.05, 3.63) is 0 Å². The van der Waals surface area contributed by atoms with Gasteiger partial charge >= 0.3 is 0 Å². The number of aliphatic hydroxyl groups excluding tert-OH is 1. The number of hydrogen-bond acceptors (Lipinski definition) is 3. The molecule has 10 heavy (non-hydrogen) atoms. The molecule has 0 aromatic heterocycles. The molecule has 0 unspecified atom stereocenters. The van der Waals surface area contributed by atoms with Gasteiger partial charge in [0.25, 0.3) is 5.91 Å². The summed E-state index contributed by atoms with van der Waals surface area (Å²) in [7, 11) is 1.42. The molecule has 0 bridgehead atoms. The van der Waals surface area contributed by atoms with E-state index in [1.807, 2.05) is 0 Å². The van der Waals surface area contributed by atoms with Crippen LogP contribution in [0.15, 0.2) is 0 Å². The minimum Gasteiger partial charge on any atom is -0.390 e. The summed E-state index contributed by atoms with van der Waals surface area (Å²) in [6.45, 7) is 0.542. The molecular weight excluding hydrogens is 134 g/mol. The molecule has 4 nitrogen and oxygen atoms in total. The van der Waals surface area contributed by atoms with Crippen LogP contribution in [0.1, 0.15) is 6.42 Å². The average Bonchev–Trinajstić information content (AvgIpc) is 1.88. The van der Waals surface area contributed by atoms with Crippen molar-refractivity contribution in [3.63, 3.8) is 0 Å². The molecule has 2 N–H and O–H groups in total. The van der Waals surface area contributed by atoms with Crippen molar-refractivity contribution in [2.24, 2.45) is 0 Å². The molecule has 0 aromatic rings. The van der Waals surface area contributed by atoms with Gasteiger partial charge in [0.15, 0.2) is 6.10 Å². The fourth-order valence-corrected chi connectivity index (χ4v) is 1.03. The molecule has 4 heteroatoms. The molecule has 0 saturated carbocycles. The Balaban J connectivity index is 2.53. The Morgan fingerprint density at radius 2 is 2.50 bits per heavy atom. The highest BCUT2D eigenvalue weighted by Gasteiger charge is 2.29. The van der Waals surface area contributed by atoms with Crippen molar-refractivity contribution in [1.82, 2.24) is 5.32 Å². The summed E-state index contributed by atoms with van der Waals surface area (Å²) in [5.74, 6) is -0.221. The summed E-state index contributed by atoms with van der Waals surface area (Å²) in [5, 5.41) is 11.7. The van der Waals surface area contributed by atoms with Gasteiger partial charge in [0.1, 0.15) is 0 Å². The maximum Gasteiger partial charge on any atom is 0.251 e. The number of amides is 1. The number of ether oxygens (including phenoxy) is 1. The fourth-order valence-electron chi connectivity index (χ4n) is 1.03. The quantitative estimate of drug-likeness (QED) is 0.491. The van der Waals surface area contributed by atoms with Crippen LogP contribution in [0.5, 0.6) is 0 Å². The molecule has 1 amide bonds. The predicted octanol–water partition coefficient (Wildman–Crippen LogP) is -1.12. The first-order chi connectivity index (χ1) is 4.75. The second-order valence-electron chi connectivity index (χ2n) is 2.30. The third-order valence-corrected chi connectivity index (χ3v) is 1.60. The summed E-state index contributed by atoms with van der Waals surface area (Å²) < 4.78 is 4.75. The molecule has 1 saturated heterocycles. The molecule has 1 fully saturated rings. The van der Waals surface area contributed by atoms with Crippen molar-refractivity contribution in [3.8, 4) is 0 Å². The zero-order valence-corrected chi connectivity index (χ0v) is 5.83. The van der Waals surface area contributed by atoms with Gasteiger partial charge in [-0.25, -0.2) is 0 Å². The van der Waals surface area contributed by atoms with Gasteiger partial charge in [0.2, 0.25) is 0 Å². The minimum atomic E-state index is -0.672. The standard InChI is InChI=1S/C6H11NO3/c1-10-5-4(8)2-3-7-6(5)9/h4-5,8H,2-3H2,1H3,(H,7,9)/t4-,5-/m0/s1. The summed E-state index contributed by atoms with van der Waals surface area (Å²) >= 11 is 0. The van der Waals surface area contributed by atoms with Gasteiger partial charge in [-0.05, 0) is 6.42 Å². The maximum absolute atomic E-state index is 10.8. The SMILES string of the molecule is CO[C@@H]1C(=O)NCC[C@@H]1O. The van der Waals surface area contributed by atoms with Crippen molar-refractivity contribution < 1.29 is 14.6 Å². The van der Waals surface area contributed by atoms with Crippen molar-refractivity contribution >= 4 is 5.91 Å². The van der Waals surface area contributed by atoms with Crippen LogP contribution in [0.2, 0.25) is 0 Å². The summed E-state index contributed by atoms with van der Waals surface area (Å²) in [5.41, 5.74) is 0. The Hall–Kier alpha value is -0.610. The molecule has 1 heterocycles. The molecule has 1 aliphatic heterocycles. The largest absolute Gasteiger partial charge is 0.390 e. The Bertz CT molecular complexity index is 137. The normalized spacial score (nSPS) is 33.6. The monoisotopic (exact) mass is 145 g/mol. The second kappa shape index (κ2) is 2.98. The van der Waals surface area contributed by atoms with Crippen LogP contribution in [0.3, 0.4) is 0 Å². The van der Waals surface area contributed by atoms with E-state index in [9.17, 15) is 4.79 Å². The van der Waals surface area contributed by atoms with Crippen LogP contribution < -0.4 is 5.32 Å². The summed E-state index contributed by atoms with van der Waals surface area (Å²) in [6.07, 6.45) is -0.739. The topological polar surface area (TPSA) is 58.6 Å². The Kier molecular flexibility index (Phi) is 2.24. The van der Waals surface area contributed by atoms with E-state index in [1.165, 1.54) is 7.11 Å². The maximum atomic E-state index is 10.8. The molecule has 1 aliphatic rings. The highest BCUT2D eigenvalue weighted by Crippen LogP contribution is 2.06. The highest BCUT2D eigenvalue weighted by molar-refractivity contribution is 5.82. The van der Waals surface area contributed by atoms with E-state index in [-0.39, 0.29) is 5.91 Å². The van der Waals surface area contributed by atoms with E-state index in [1.54, 1.807) is 0 Å². The van der Waals surface area contributed by atoms with Crippen molar-refractivity contribution in [2.75, 3.05) is 13.7 Å². The molecular formula is C6H11NO3. The predicted molar refractivity (Wildman–Crippen MR) is 34.4 cm³/mol. The molecule has 0 aliphatic carbocycles. The lowest BCUT2D eigenvalue weighted by molar-refractivity contribution is -0.141. The lowest BCUT2D eigenvalue weighted by Crippen LogP contribution is -2.49. The van der Waals surface area contributed by atoms with Crippen LogP contribution in [-0.2, 0) is 9.53 Å². The Morgan fingerprint density at radius 1 is 1.80 bits per heavy atom. The fraction of sp³-hybridized carbons (Fsp3) is 0.833. The number of rotatable bonds is 1. The Morgan fingerprint density at radius 3 is 2.90 bits per heavy atom. The molecule has 0 spiro atoms. The van der Waals surface area contributed by atoms with Gasteiger partial charge in [0, 0.05) is 13.7 Å². The van der Waals surface area contributed by atoms with E-state index in [2.05, 4.69) is 5.32 Å². The van der Waals surface area contributed by atoms with Gasteiger partial charge in [-0.15, -0.1) is 0 Å². The number of carbonyl (C=O) groups excluding carboxylic acids is 1. The second-order valence-corrected chi connectivity index (χ2v) is 2.30. The van der Waals surface area contributed by atoms with Gasteiger partial charge < -0.3 is 15.2 Å². The number of aliphatic hydroxyl groups is 1. The number of carbonyl (C=O) groups is 1. The van der Waals surface area contributed by atoms with Crippen LogP contribution in [-0.4, -0.2) is 36.9 Å². The zero-order chi connectivity index (χ0) is 7.56. The van der Waals surface area contributed by atoms with Crippen LogP contribution in [0, 0.1) is 0 Å². The third kappa shape index (κ3) is 1.27. The lowest BCUT2D eigenvalue weighted by atomic mass is 10.1. The molecule has 1 rings (SSSR count). The van der Waals surface area contributed by atoms with Crippen molar-refractivity contribution in [1.29, 1.82) is 0 Å². The number of hydrogen-bond donors (Lipinski definition) is 2. The number of methoxy groups -OCH3 is 1. The first-order valence-corrected chi connectivity index (χ1v) is 3.24.